The second-order valence-corrected chi connectivity index (χ2v) is 8.91. The first-order valence-electron chi connectivity index (χ1n) is 10.8. The number of hydrogen-bond donors (Lipinski definition) is 1. The Hall–Kier alpha value is -2.90. The zero-order valence-electron chi connectivity index (χ0n) is 18.3. The number of nitrogens with one attached hydrogen (secondary N) is 1. The fraction of sp³-hybridized carbons (Fsp3) is 0.320. The maximum absolute atomic E-state index is 13.6. The van der Waals surface area contributed by atoms with Crippen LogP contribution in [0.4, 0.5) is 10.1 Å². The van der Waals surface area contributed by atoms with Crippen LogP contribution in [-0.2, 0) is 0 Å². The molecular formula is C25H28FN3O2S. The lowest BCUT2D eigenvalue weighted by Gasteiger charge is -2.42. The van der Waals surface area contributed by atoms with Gasteiger partial charge < -0.3 is 15.0 Å². The highest BCUT2D eigenvalue weighted by molar-refractivity contribution is 7.10. The molecule has 2 heterocycles. The summed E-state index contributed by atoms with van der Waals surface area (Å²) in [5.74, 6) is 0.213. The third-order valence-electron chi connectivity index (χ3n) is 5.89. The average Bonchev–Trinajstić information content (AvgIpc) is 3.34. The molecule has 5 nitrogen and oxygen atoms in total. The first kappa shape index (κ1) is 22.3. The SMILES string of the molecule is COc1ccccc1N1CCN([C@@H](c2cccs2)[C@H](C)NC(=O)c2cccc(F)c2)CC1. The highest BCUT2D eigenvalue weighted by Gasteiger charge is 2.31. The molecule has 1 aromatic heterocycles. The smallest absolute Gasteiger partial charge is 0.251 e. The van der Waals surface area contributed by atoms with Crippen LogP contribution in [0.15, 0.2) is 66.0 Å². The van der Waals surface area contributed by atoms with Crippen molar-refractivity contribution in [3.8, 4) is 5.75 Å². The van der Waals surface area contributed by atoms with Crippen molar-refractivity contribution in [1.29, 1.82) is 0 Å². The van der Waals surface area contributed by atoms with Crippen molar-refractivity contribution < 1.29 is 13.9 Å². The van der Waals surface area contributed by atoms with Gasteiger partial charge in [0.1, 0.15) is 11.6 Å². The monoisotopic (exact) mass is 453 g/mol. The zero-order valence-corrected chi connectivity index (χ0v) is 19.1. The molecule has 32 heavy (non-hydrogen) atoms. The van der Waals surface area contributed by atoms with E-state index in [2.05, 4.69) is 32.6 Å². The topological polar surface area (TPSA) is 44.8 Å². The number of piperazine rings is 1. The Morgan fingerprint density at radius 2 is 1.84 bits per heavy atom. The normalized spacial score (nSPS) is 16.4. The Morgan fingerprint density at radius 3 is 2.53 bits per heavy atom. The number of para-hydroxylation sites is 2. The molecule has 0 aliphatic carbocycles. The van der Waals surface area contributed by atoms with Crippen molar-refractivity contribution >= 4 is 22.9 Å². The number of hydrogen-bond acceptors (Lipinski definition) is 5. The van der Waals surface area contributed by atoms with Crippen LogP contribution in [0.5, 0.6) is 5.75 Å². The number of thiophene rings is 1. The molecule has 0 bridgehead atoms. The quantitative estimate of drug-likeness (QED) is 0.569. The van der Waals surface area contributed by atoms with Gasteiger partial charge in [0.25, 0.3) is 5.91 Å². The summed E-state index contributed by atoms with van der Waals surface area (Å²) in [6, 6.07) is 18.0. The number of carbonyl (C=O) groups excluding carboxylic acids is 1. The molecule has 2 atom stereocenters. The van der Waals surface area contributed by atoms with E-state index in [1.54, 1.807) is 30.6 Å². The Labute approximate surface area is 192 Å². The van der Waals surface area contributed by atoms with E-state index in [-0.39, 0.29) is 18.0 Å². The number of benzene rings is 2. The standard InChI is InChI=1S/C25H28FN3O2S/c1-18(27-25(30)19-7-5-8-20(26)17-19)24(23-11-6-16-32-23)29-14-12-28(13-15-29)21-9-3-4-10-22(21)31-2/h3-11,16-18,24H,12-15H2,1-2H3,(H,27,30)/t18-,24+/m0/s1. The lowest BCUT2D eigenvalue weighted by atomic mass is 10.0. The second-order valence-electron chi connectivity index (χ2n) is 7.93. The number of rotatable bonds is 7. The lowest BCUT2D eigenvalue weighted by Crippen LogP contribution is -2.52. The van der Waals surface area contributed by atoms with Crippen LogP contribution in [0.1, 0.15) is 28.2 Å². The number of anilines is 1. The van der Waals surface area contributed by atoms with Crippen LogP contribution in [0.25, 0.3) is 0 Å². The van der Waals surface area contributed by atoms with E-state index in [4.69, 9.17) is 4.74 Å². The van der Waals surface area contributed by atoms with Crippen LogP contribution < -0.4 is 15.0 Å². The van der Waals surface area contributed by atoms with Crippen molar-refractivity contribution in [3.05, 3.63) is 82.3 Å². The molecule has 1 fully saturated rings. The summed E-state index contributed by atoms with van der Waals surface area (Å²) < 4.78 is 19.1. The van der Waals surface area contributed by atoms with Gasteiger partial charge in [-0.15, -0.1) is 11.3 Å². The van der Waals surface area contributed by atoms with Crippen LogP contribution in [0, 0.1) is 5.82 Å². The first-order chi connectivity index (χ1) is 15.6. The van der Waals surface area contributed by atoms with E-state index in [1.165, 1.54) is 17.0 Å². The Morgan fingerprint density at radius 1 is 1.06 bits per heavy atom. The summed E-state index contributed by atoms with van der Waals surface area (Å²) in [4.78, 5) is 18.7. The highest BCUT2D eigenvalue weighted by atomic mass is 32.1. The fourth-order valence-corrected chi connectivity index (χ4v) is 5.30. The summed E-state index contributed by atoms with van der Waals surface area (Å²) >= 11 is 1.70. The van der Waals surface area contributed by atoms with Crippen molar-refractivity contribution in [2.75, 3.05) is 38.2 Å². The predicted octanol–water partition coefficient (Wildman–Crippen LogP) is 4.58. The van der Waals surface area contributed by atoms with Gasteiger partial charge in [0.15, 0.2) is 0 Å². The van der Waals surface area contributed by atoms with Gasteiger partial charge in [-0.25, -0.2) is 4.39 Å². The summed E-state index contributed by atoms with van der Waals surface area (Å²) in [5, 5.41) is 5.16. The maximum Gasteiger partial charge on any atom is 0.251 e. The molecule has 1 aliphatic heterocycles. The van der Waals surface area contributed by atoms with Gasteiger partial charge >= 0.3 is 0 Å². The highest BCUT2D eigenvalue weighted by Crippen LogP contribution is 2.32. The number of nitrogens with zero attached hydrogens (tertiary/aromatic N) is 2. The number of halogens is 1. The maximum atomic E-state index is 13.6. The lowest BCUT2D eigenvalue weighted by molar-refractivity contribution is 0.0890. The van der Waals surface area contributed by atoms with E-state index >= 15 is 0 Å². The summed E-state index contributed by atoms with van der Waals surface area (Å²) in [6.45, 7) is 5.48. The first-order valence-corrected chi connectivity index (χ1v) is 11.7. The van der Waals surface area contributed by atoms with Gasteiger partial charge in [-0.05, 0) is 48.7 Å². The Kier molecular flexibility index (Phi) is 7.07. The van der Waals surface area contributed by atoms with Crippen LogP contribution in [0.3, 0.4) is 0 Å². The fourth-order valence-electron chi connectivity index (χ4n) is 4.33. The molecule has 1 N–H and O–H groups in total. The van der Waals surface area contributed by atoms with Gasteiger partial charge in [-0.3, -0.25) is 9.69 Å². The van der Waals surface area contributed by atoms with Crippen molar-refractivity contribution in [1.82, 2.24) is 10.2 Å². The summed E-state index contributed by atoms with van der Waals surface area (Å²) in [7, 11) is 1.70. The molecule has 1 saturated heterocycles. The molecule has 0 unspecified atom stereocenters. The number of ether oxygens (including phenoxy) is 1. The minimum Gasteiger partial charge on any atom is -0.495 e. The minimum atomic E-state index is -0.410. The predicted molar refractivity (Wildman–Crippen MR) is 127 cm³/mol. The van der Waals surface area contributed by atoms with Crippen molar-refractivity contribution in [2.45, 2.75) is 19.0 Å². The molecule has 1 amide bonds. The molecular weight excluding hydrogens is 425 g/mol. The van der Waals surface area contributed by atoms with Crippen LogP contribution >= 0.6 is 11.3 Å². The molecule has 0 spiro atoms. The summed E-state index contributed by atoms with van der Waals surface area (Å²) in [5.41, 5.74) is 1.44. The van der Waals surface area contributed by atoms with Gasteiger partial charge in [-0.1, -0.05) is 24.3 Å². The third-order valence-corrected chi connectivity index (χ3v) is 6.83. The molecule has 7 heteroatoms. The Bertz CT molecular complexity index is 1040. The molecule has 168 valence electrons. The third kappa shape index (κ3) is 4.95. The molecule has 1 aliphatic rings. The average molecular weight is 454 g/mol. The largest absolute Gasteiger partial charge is 0.495 e. The van der Waals surface area contributed by atoms with Gasteiger partial charge in [0, 0.05) is 42.7 Å². The van der Waals surface area contributed by atoms with E-state index < -0.39 is 5.82 Å². The number of carbonyl (C=O) groups is 1. The van der Waals surface area contributed by atoms with Gasteiger partial charge in [-0.2, -0.15) is 0 Å². The number of amides is 1. The zero-order chi connectivity index (χ0) is 22.5. The number of methoxy groups -OCH3 is 1. The Balaban J connectivity index is 1.47. The van der Waals surface area contributed by atoms with Crippen molar-refractivity contribution in [3.63, 3.8) is 0 Å². The van der Waals surface area contributed by atoms with E-state index in [1.807, 2.05) is 31.2 Å². The summed E-state index contributed by atoms with van der Waals surface area (Å²) in [6.07, 6.45) is 0. The van der Waals surface area contributed by atoms with Gasteiger partial charge in [0.2, 0.25) is 0 Å². The van der Waals surface area contributed by atoms with E-state index in [9.17, 15) is 9.18 Å². The molecule has 4 rings (SSSR count). The molecule has 0 radical (unpaired) electrons. The van der Waals surface area contributed by atoms with E-state index in [0.717, 1.165) is 37.6 Å². The molecule has 2 aromatic carbocycles. The molecule has 3 aromatic rings. The van der Waals surface area contributed by atoms with E-state index in [0.29, 0.717) is 5.56 Å². The molecule has 0 saturated carbocycles. The van der Waals surface area contributed by atoms with Gasteiger partial charge in [0.05, 0.1) is 18.8 Å². The van der Waals surface area contributed by atoms with Crippen molar-refractivity contribution in [2.24, 2.45) is 0 Å². The second kappa shape index (κ2) is 10.1. The van der Waals surface area contributed by atoms with Crippen LogP contribution in [-0.4, -0.2) is 50.1 Å². The minimum absolute atomic E-state index is 0.0485. The van der Waals surface area contributed by atoms with Crippen LogP contribution in [0.2, 0.25) is 0 Å².